The predicted octanol–water partition coefficient (Wildman–Crippen LogP) is 1.19. The van der Waals surface area contributed by atoms with Crippen LogP contribution in [0.3, 0.4) is 0 Å². The number of nitrogens with zero attached hydrogens (tertiary/aromatic N) is 4. The van der Waals surface area contributed by atoms with Crippen molar-refractivity contribution in [3.63, 3.8) is 0 Å². The third kappa shape index (κ3) is 3.08. The van der Waals surface area contributed by atoms with Crippen LogP contribution in [0.25, 0.3) is 0 Å². The van der Waals surface area contributed by atoms with Gasteiger partial charge in [0, 0.05) is 31.4 Å². The highest BCUT2D eigenvalue weighted by Crippen LogP contribution is 2.25. The number of rotatable bonds is 4. The smallest absolute Gasteiger partial charge is 0.130 e. The van der Waals surface area contributed by atoms with Crippen LogP contribution in [0.4, 0.5) is 8.78 Å². The van der Waals surface area contributed by atoms with Gasteiger partial charge in [0.25, 0.3) is 0 Å². The van der Waals surface area contributed by atoms with Crippen molar-refractivity contribution in [1.29, 1.82) is 0 Å². The molecule has 1 aliphatic heterocycles. The van der Waals surface area contributed by atoms with E-state index < -0.39 is 17.2 Å². The Labute approximate surface area is 120 Å². The second-order valence-electron chi connectivity index (χ2n) is 5.49. The zero-order valence-electron chi connectivity index (χ0n) is 11.4. The van der Waals surface area contributed by atoms with E-state index in [2.05, 4.69) is 10.3 Å². The van der Waals surface area contributed by atoms with E-state index >= 15 is 0 Å². The van der Waals surface area contributed by atoms with Gasteiger partial charge in [0.05, 0.1) is 18.3 Å². The van der Waals surface area contributed by atoms with Gasteiger partial charge in [-0.2, -0.15) is 0 Å². The molecule has 0 spiro atoms. The number of aromatic nitrogens is 3. The van der Waals surface area contributed by atoms with Gasteiger partial charge in [-0.05, 0) is 18.6 Å². The highest BCUT2D eigenvalue weighted by atomic mass is 19.1. The van der Waals surface area contributed by atoms with Crippen LogP contribution in [0.1, 0.15) is 12.0 Å². The molecule has 3 rings (SSSR count). The van der Waals surface area contributed by atoms with Crippen LogP contribution >= 0.6 is 0 Å². The molecule has 112 valence electrons. The van der Waals surface area contributed by atoms with Crippen LogP contribution in [0, 0.1) is 11.6 Å². The fourth-order valence-corrected chi connectivity index (χ4v) is 2.73. The van der Waals surface area contributed by atoms with Crippen molar-refractivity contribution in [2.45, 2.75) is 25.1 Å². The maximum Gasteiger partial charge on any atom is 0.130 e. The predicted molar refractivity (Wildman–Crippen MR) is 71.2 cm³/mol. The molecule has 1 aliphatic rings. The summed E-state index contributed by atoms with van der Waals surface area (Å²) in [7, 11) is 0. The molecule has 0 amide bonds. The molecule has 1 unspecified atom stereocenters. The molecule has 0 aliphatic carbocycles. The SMILES string of the molecule is OC1(Cn2ccnn2)CCN(Cc2c(F)cccc2F)C1. The number of benzene rings is 1. The first-order chi connectivity index (χ1) is 10.1. The minimum absolute atomic E-state index is 0.0440. The molecule has 1 aromatic heterocycles. The molecule has 5 nitrogen and oxygen atoms in total. The van der Waals surface area contributed by atoms with Crippen LogP contribution in [0.15, 0.2) is 30.6 Å². The first kappa shape index (κ1) is 14.1. The summed E-state index contributed by atoms with van der Waals surface area (Å²) in [6.07, 6.45) is 3.75. The molecule has 21 heavy (non-hydrogen) atoms. The Morgan fingerprint density at radius 2 is 2.05 bits per heavy atom. The summed E-state index contributed by atoms with van der Waals surface area (Å²) >= 11 is 0. The topological polar surface area (TPSA) is 54.2 Å². The van der Waals surface area contributed by atoms with E-state index in [4.69, 9.17) is 0 Å². The van der Waals surface area contributed by atoms with E-state index in [1.54, 1.807) is 17.1 Å². The van der Waals surface area contributed by atoms with Gasteiger partial charge in [0.1, 0.15) is 11.6 Å². The normalized spacial score (nSPS) is 22.8. The Balaban J connectivity index is 1.67. The van der Waals surface area contributed by atoms with Crippen molar-refractivity contribution in [2.75, 3.05) is 13.1 Å². The maximum atomic E-state index is 13.7. The van der Waals surface area contributed by atoms with Crippen LogP contribution in [0.2, 0.25) is 0 Å². The zero-order valence-corrected chi connectivity index (χ0v) is 11.4. The molecule has 1 aromatic carbocycles. The lowest BCUT2D eigenvalue weighted by atomic mass is 10.0. The Morgan fingerprint density at radius 3 is 2.71 bits per heavy atom. The molecule has 1 fully saturated rings. The molecule has 0 radical (unpaired) electrons. The fourth-order valence-electron chi connectivity index (χ4n) is 2.73. The third-order valence-electron chi connectivity index (χ3n) is 3.78. The fraction of sp³-hybridized carbons (Fsp3) is 0.429. The maximum absolute atomic E-state index is 13.7. The first-order valence-corrected chi connectivity index (χ1v) is 6.77. The Hall–Kier alpha value is -1.86. The third-order valence-corrected chi connectivity index (χ3v) is 3.78. The van der Waals surface area contributed by atoms with Gasteiger partial charge in [-0.15, -0.1) is 5.10 Å². The van der Waals surface area contributed by atoms with Gasteiger partial charge in [-0.25, -0.2) is 13.5 Å². The lowest BCUT2D eigenvalue weighted by Gasteiger charge is -2.23. The number of aliphatic hydroxyl groups is 1. The van der Waals surface area contributed by atoms with E-state index in [0.717, 1.165) is 0 Å². The Kier molecular flexibility index (Phi) is 3.69. The molecule has 2 heterocycles. The minimum atomic E-state index is -0.949. The summed E-state index contributed by atoms with van der Waals surface area (Å²) in [5, 5.41) is 18.1. The molecule has 2 aromatic rings. The van der Waals surface area contributed by atoms with Crippen LogP contribution < -0.4 is 0 Å². The van der Waals surface area contributed by atoms with Crippen LogP contribution in [0.5, 0.6) is 0 Å². The van der Waals surface area contributed by atoms with Gasteiger partial charge < -0.3 is 5.11 Å². The second-order valence-corrected chi connectivity index (χ2v) is 5.49. The van der Waals surface area contributed by atoms with Gasteiger partial charge in [-0.3, -0.25) is 4.90 Å². The summed E-state index contributed by atoms with van der Waals surface area (Å²) in [5.41, 5.74) is -0.905. The lowest BCUT2D eigenvalue weighted by Crippen LogP contribution is -2.37. The summed E-state index contributed by atoms with van der Waals surface area (Å²) in [5.74, 6) is -1.11. The standard InChI is InChI=1S/C14H16F2N4O/c15-12-2-1-3-13(16)11(12)8-19-6-4-14(21,9-19)10-20-7-5-17-18-20/h1-3,5,7,21H,4,6,8-10H2. The second kappa shape index (κ2) is 5.50. The average molecular weight is 294 g/mol. The summed E-state index contributed by atoms with van der Waals surface area (Å²) in [4.78, 5) is 1.85. The van der Waals surface area contributed by atoms with Crippen LogP contribution in [-0.4, -0.2) is 43.7 Å². The van der Waals surface area contributed by atoms with Gasteiger partial charge in [-0.1, -0.05) is 11.3 Å². The quantitative estimate of drug-likeness (QED) is 0.920. The van der Waals surface area contributed by atoms with Crippen LogP contribution in [-0.2, 0) is 13.1 Å². The van der Waals surface area contributed by atoms with E-state index in [1.807, 2.05) is 4.90 Å². The summed E-state index contributed by atoms with van der Waals surface area (Å²) in [6.45, 7) is 1.40. The van der Waals surface area contributed by atoms with Gasteiger partial charge >= 0.3 is 0 Å². The number of hydrogen-bond acceptors (Lipinski definition) is 4. The number of hydrogen-bond donors (Lipinski definition) is 1. The summed E-state index contributed by atoms with van der Waals surface area (Å²) in [6, 6.07) is 3.84. The molecule has 0 saturated carbocycles. The number of β-amino-alcohol motifs (C(OH)–C–C–N with tert-alkyl or cyclic N) is 1. The van der Waals surface area contributed by atoms with Crippen molar-refractivity contribution in [2.24, 2.45) is 0 Å². The molecular formula is C14H16F2N4O. The molecule has 0 bridgehead atoms. The summed E-state index contributed by atoms with van der Waals surface area (Å²) < 4.78 is 28.9. The average Bonchev–Trinajstić information content (AvgIpc) is 3.05. The molecule has 7 heteroatoms. The highest BCUT2D eigenvalue weighted by molar-refractivity contribution is 5.19. The molecule has 1 atom stereocenters. The van der Waals surface area contributed by atoms with Crippen molar-refractivity contribution < 1.29 is 13.9 Å². The van der Waals surface area contributed by atoms with Gasteiger partial charge in [0.2, 0.25) is 0 Å². The van der Waals surface area contributed by atoms with Crippen molar-refractivity contribution >= 4 is 0 Å². The molecule has 1 N–H and O–H groups in total. The van der Waals surface area contributed by atoms with E-state index in [1.165, 1.54) is 18.2 Å². The van der Waals surface area contributed by atoms with Crippen molar-refractivity contribution in [1.82, 2.24) is 19.9 Å². The van der Waals surface area contributed by atoms with E-state index in [0.29, 0.717) is 26.1 Å². The molecular weight excluding hydrogens is 278 g/mol. The Bertz CT molecular complexity index is 599. The Morgan fingerprint density at radius 1 is 1.29 bits per heavy atom. The van der Waals surface area contributed by atoms with Crippen molar-refractivity contribution in [3.8, 4) is 0 Å². The lowest BCUT2D eigenvalue weighted by molar-refractivity contribution is 0.0272. The zero-order chi connectivity index (χ0) is 14.9. The molecule has 1 saturated heterocycles. The van der Waals surface area contributed by atoms with Crippen molar-refractivity contribution in [3.05, 3.63) is 47.8 Å². The van der Waals surface area contributed by atoms with E-state index in [9.17, 15) is 13.9 Å². The highest BCUT2D eigenvalue weighted by Gasteiger charge is 2.37. The number of likely N-dealkylation sites (tertiary alicyclic amines) is 1. The van der Waals surface area contributed by atoms with Gasteiger partial charge in [0.15, 0.2) is 0 Å². The monoisotopic (exact) mass is 294 g/mol. The minimum Gasteiger partial charge on any atom is -0.387 e. The number of halogens is 2. The van der Waals surface area contributed by atoms with E-state index in [-0.39, 0.29) is 12.1 Å². The first-order valence-electron chi connectivity index (χ1n) is 6.77. The largest absolute Gasteiger partial charge is 0.387 e.